The summed E-state index contributed by atoms with van der Waals surface area (Å²) in [5.41, 5.74) is 1.36. The fraction of sp³-hybridized carbons (Fsp3) is 0.708. The van der Waals surface area contributed by atoms with E-state index in [4.69, 9.17) is 9.47 Å². The highest BCUT2D eigenvalue weighted by Gasteiger charge is 2.28. The molecular weight excluding hydrogens is 456 g/mol. The molecule has 2 aliphatic heterocycles. The van der Waals surface area contributed by atoms with Crippen LogP contribution in [-0.2, 0) is 24.3 Å². The molecule has 0 unspecified atom stereocenters. The van der Waals surface area contributed by atoms with Crippen molar-refractivity contribution in [3.05, 3.63) is 18.2 Å². The second-order valence-electron chi connectivity index (χ2n) is 9.67. The Bertz CT molecular complexity index is 937. The molecule has 0 atom stereocenters. The molecular formula is C24H38N4O5S. The molecule has 10 heteroatoms. The zero-order chi connectivity index (χ0) is 24.1. The minimum Gasteiger partial charge on any atom is -0.379 e. The predicted molar refractivity (Wildman–Crippen MR) is 132 cm³/mol. The van der Waals surface area contributed by atoms with E-state index in [-0.39, 0.29) is 17.3 Å². The van der Waals surface area contributed by atoms with Crippen molar-refractivity contribution in [1.82, 2.24) is 9.21 Å². The highest BCUT2D eigenvalue weighted by molar-refractivity contribution is 7.89. The van der Waals surface area contributed by atoms with Gasteiger partial charge in [0.1, 0.15) is 0 Å². The average Bonchev–Trinajstić information content (AvgIpc) is 2.85. The minimum atomic E-state index is -3.66. The van der Waals surface area contributed by atoms with Crippen LogP contribution in [-0.4, -0.2) is 95.8 Å². The Balaban J connectivity index is 1.53. The van der Waals surface area contributed by atoms with Crippen molar-refractivity contribution in [1.29, 1.82) is 0 Å². The molecule has 1 aromatic rings. The number of likely N-dealkylation sites (N-methyl/N-ethyl adjacent to an activating group) is 1. The Morgan fingerprint density at radius 3 is 2.29 bits per heavy atom. The Morgan fingerprint density at radius 2 is 1.65 bits per heavy atom. The van der Waals surface area contributed by atoms with E-state index in [0.29, 0.717) is 64.3 Å². The second kappa shape index (κ2) is 11.3. The number of hydrogen-bond acceptors (Lipinski definition) is 7. The number of anilines is 2. The fourth-order valence-electron chi connectivity index (χ4n) is 5.02. The number of rotatable bonds is 7. The van der Waals surface area contributed by atoms with Crippen molar-refractivity contribution in [3.8, 4) is 0 Å². The molecule has 2 saturated heterocycles. The molecule has 34 heavy (non-hydrogen) atoms. The van der Waals surface area contributed by atoms with Gasteiger partial charge in [-0.1, -0.05) is 6.92 Å². The van der Waals surface area contributed by atoms with Gasteiger partial charge < -0.3 is 19.7 Å². The Morgan fingerprint density at radius 1 is 1.03 bits per heavy atom. The maximum atomic E-state index is 13.2. The lowest BCUT2D eigenvalue weighted by atomic mass is 9.87. The molecule has 190 valence electrons. The summed E-state index contributed by atoms with van der Waals surface area (Å²) in [5, 5.41) is 3.03. The summed E-state index contributed by atoms with van der Waals surface area (Å²) in [6.45, 7) is 6.60. The SMILES string of the molecule is CC1CCC(N(C)CC(=O)Nc2cc(S(=O)(=O)N3CCOCC3)ccc2N2CCOCC2)CC1. The number of nitrogens with zero attached hydrogens (tertiary/aromatic N) is 3. The monoisotopic (exact) mass is 494 g/mol. The largest absolute Gasteiger partial charge is 0.379 e. The zero-order valence-corrected chi connectivity index (χ0v) is 21.2. The number of sulfonamides is 1. The topological polar surface area (TPSA) is 91.4 Å². The van der Waals surface area contributed by atoms with Gasteiger partial charge in [-0.25, -0.2) is 8.42 Å². The summed E-state index contributed by atoms with van der Waals surface area (Å²) >= 11 is 0. The molecule has 1 aromatic carbocycles. The third-order valence-corrected chi connectivity index (χ3v) is 9.10. The number of morpholine rings is 2. The van der Waals surface area contributed by atoms with Gasteiger partial charge in [0.05, 0.1) is 49.2 Å². The normalized spacial score (nSPS) is 24.9. The maximum Gasteiger partial charge on any atom is 0.243 e. The van der Waals surface area contributed by atoms with E-state index in [0.717, 1.165) is 24.4 Å². The molecule has 1 aliphatic carbocycles. The van der Waals surface area contributed by atoms with Crippen LogP contribution in [0.25, 0.3) is 0 Å². The van der Waals surface area contributed by atoms with Crippen LogP contribution in [0.15, 0.2) is 23.1 Å². The molecule has 4 rings (SSSR count). The molecule has 9 nitrogen and oxygen atoms in total. The van der Waals surface area contributed by atoms with Crippen molar-refractivity contribution in [3.63, 3.8) is 0 Å². The fourth-order valence-corrected chi connectivity index (χ4v) is 6.46. The number of ether oxygens (including phenoxy) is 2. The number of hydrogen-bond donors (Lipinski definition) is 1. The first-order valence-electron chi connectivity index (χ1n) is 12.4. The zero-order valence-electron chi connectivity index (χ0n) is 20.4. The average molecular weight is 495 g/mol. The van der Waals surface area contributed by atoms with E-state index in [1.54, 1.807) is 18.2 Å². The highest BCUT2D eigenvalue weighted by atomic mass is 32.2. The van der Waals surface area contributed by atoms with Crippen LogP contribution in [0.5, 0.6) is 0 Å². The van der Waals surface area contributed by atoms with Gasteiger partial charge in [0, 0.05) is 32.2 Å². The van der Waals surface area contributed by atoms with Gasteiger partial charge in [-0.2, -0.15) is 4.31 Å². The quantitative estimate of drug-likeness (QED) is 0.620. The van der Waals surface area contributed by atoms with Crippen LogP contribution in [0, 0.1) is 5.92 Å². The number of carbonyl (C=O) groups is 1. The first-order chi connectivity index (χ1) is 16.3. The van der Waals surface area contributed by atoms with Gasteiger partial charge in [0.25, 0.3) is 0 Å². The standard InChI is InChI=1S/C24H38N4O5S/c1-19-3-5-20(6-4-19)26(2)18-24(29)25-22-17-21(34(30,31)28-11-15-33-16-12-28)7-8-23(22)27-9-13-32-14-10-27/h7-8,17,19-20H,3-6,9-16,18H2,1-2H3,(H,25,29). The summed E-state index contributed by atoms with van der Waals surface area (Å²) in [7, 11) is -1.66. The van der Waals surface area contributed by atoms with Crippen molar-refractivity contribution in [2.24, 2.45) is 5.92 Å². The predicted octanol–water partition coefficient (Wildman–Crippen LogP) is 1.99. The van der Waals surface area contributed by atoms with E-state index >= 15 is 0 Å². The van der Waals surface area contributed by atoms with Crippen LogP contribution in [0.3, 0.4) is 0 Å². The van der Waals surface area contributed by atoms with Crippen LogP contribution in [0.1, 0.15) is 32.6 Å². The first kappa shape index (κ1) is 25.4. The summed E-state index contributed by atoms with van der Waals surface area (Å²) < 4.78 is 38.7. The van der Waals surface area contributed by atoms with E-state index in [9.17, 15) is 13.2 Å². The molecule has 0 aromatic heterocycles. The molecule has 0 radical (unpaired) electrons. The van der Waals surface area contributed by atoms with Crippen molar-refractivity contribution in [2.75, 3.05) is 76.4 Å². The van der Waals surface area contributed by atoms with Gasteiger partial charge in [-0.3, -0.25) is 9.69 Å². The molecule has 0 bridgehead atoms. The number of amides is 1. The molecule has 1 saturated carbocycles. The van der Waals surface area contributed by atoms with E-state index in [1.165, 1.54) is 17.1 Å². The maximum absolute atomic E-state index is 13.2. The summed E-state index contributed by atoms with van der Waals surface area (Å²) in [6, 6.07) is 5.46. The van der Waals surface area contributed by atoms with Gasteiger partial charge in [-0.15, -0.1) is 0 Å². The molecule has 0 spiro atoms. The number of nitrogens with one attached hydrogen (secondary N) is 1. The van der Waals surface area contributed by atoms with Crippen molar-refractivity contribution < 1.29 is 22.7 Å². The van der Waals surface area contributed by atoms with Gasteiger partial charge in [0.2, 0.25) is 15.9 Å². The Labute approximate surface area is 203 Å². The third-order valence-electron chi connectivity index (χ3n) is 7.20. The van der Waals surface area contributed by atoms with Gasteiger partial charge >= 0.3 is 0 Å². The van der Waals surface area contributed by atoms with Crippen LogP contribution >= 0.6 is 0 Å². The minimum absolute atomic E-state index is 0.128. The lowest BCUT2D eigenvalue weighted by Crippen LogP contribution is -2.41. The van der Waals surface area contributed by atoms with E-state index in [1.807, 2.05) is 7.05 Å². The summed E-state index contributed by atoms with van der Waals surface area (Å²) in [4.78, 5) is 17.5. The van der Waals surface area contributed by atoms with Gasteiger partial charge in [0.15, 0.2) is 0 Å². The van der Waals surface area contributed by atoms with Crippen LogP contribution < -0.4 is 10.2 Å². The number of carbonyl (C=O) groups excluding carboxylic acids is 1. The van der Waals surface area contributed by atoms with Crippen LogP contribution in [0.4, 0.5) is 11.4 Å². The second-order valence-corrected chi connectivity index (χ2v) is 11.6. The lowest BCUT2D eigenvalue weighted by molar-refractivity contribution is -0.117. The van der Waals surface area contributed by atoms with Crippen molar-refractivity contribution in [2.45, 2.75) is 43.5 Å². The third kappa shape index (κ3) is 6.09. The Hall–Kier alpha value is -1.72. The first-order valence-corrected chi connectivity index (χ1v) is 13.8. The molecule has 1 N–H and O–H groups in total. The lowest BCUT2D eigenvalue weighted by Gasteiger charge is -2.33. The molecule has 1 amide bonds. The molecule has 2 heterocycles. The number of benzene rings is 1. The highest BCUT2D eigenvalue weighted by Crippen LogP contribution is 2.31. The smallest absolute Gasteiger partial charge is 0.243 e. The van der Waals surface area contributed by atoms with E-state index < -0.39 is 10.0 Å². The Kier molecular flexibility index (Phi) is 8.47. The van der Waals surface area contributed by atoms with Crippen molar-refractivity contribution >= 4 is 27.3 Å². The van der Waals surface area contributed by atoms with Gasteiger partial charge in [-0.05, 0) is 56.8 Å². The summed E-state index contributed by atoms with van der Waals surface area (Å²) in [6.07, 6.45) is 4.60. The summed E-state index contributed by atoms with van der Waals surface area (Å²) in [5.74, 6) is 0.627. The molecule has 3 aliphatic rings. The van der Waals surface area contributed by atoms with E-state index in [2.05, 4.69) is 22.0 Å². The van der Waals surface area contributed by atoms with Crippen LogP contribution in [0.2, 0.25) is 0 Å². The molecule has 3 fully saturated rings.